The maximum Gasteiger partial charge on any atom is 0.271 e. The van der Waals surface area contributed by atoms with Gasteiger partial charge in [0.15, 0.2) is 5.17 Å². The summed E-state index contributed by atoms with van der Waals surface area (Å²) >= 11 is 1.05. The molecule has 2 N–H and O–H groups in total. The predicted molar refractivity (Wildman–Crippen MR) is 95.9 cm³/mol. The summed E-state index contributed by atoms with van der Waals surface area (Å²) in [6.07, 6.45) is 4.55. The lowest BCUT2D eigenvalue weighted by atomic mass is 10.2. The van der Waals surface area contributed by atoms with Crippen LogP contribution in [0.5, 0.6) is 0 Å². The fraction of sp³-hybridized carbons (Fsp3) is 0. The van der Waals surface area contributed by atoms with Gasteiger partial charge in [-0.1, -0.05) is 0 Å². The summed E-state index contributed by atoms with van der Waals surface area (Å²) in [5.74, 6) is -0.798. The average molecular weight is 369 g/mol. The number of thioether (sulfide) groups is 1. The SMILES string of the molecule is O=C1N/C(=N/NC(=O)c2ccncc2)S/C1=C/c1ccc([N+](=O)[O-])cc1. The zero-order valence-electron chi connectivity index (χ0n) is 13.1. The number of aromatic nitrogens is 1. The number of nitrogens with one attached hydrogen (secondary N) is 2. The van der Waals surface area contributed by atoms with Crippen molar-refractivity contribution in [1.82, 2.24) is 15.7 Å². The molecule has 1 aromatic carbocycles. The van der Waals surface area contributed by atoms with Gasteiger partial charge in [0.1, 0.15) is 0 Å². The number of amides is 2. The van der Waals surface area contributed by atoms with Gasteiger partial charge >= 0.3 is 0 Å². The molecular weight excluding hydrogens is 358 g/mol. The molecule has 2 aromatic rings. The fourth-order valence-electron chi connectivity index (χ4n) is 1.99. The van der Waals surface area contributed by atoms with Crippen molar-refractivity contribution in [2.45, 2.75) is 0 Å². The first-order valence-electron chi connectivity index (χ1n) is 7.26. The lowest BCUT2D eigenvalue weighted by Gasteiger charge is -1.99. The topological polar surface area (TPSA) is 127 Å². The Labute approximate surface area is 151 Å². The lowest BCUT2D eigenvalue weighted by molar-refractivity contribution is -0.384. The van der Waals surface area contributed by atoms with Crippen LogP contribution in [0.15, 0.2) is 58.8 Å². The minimum absolute atomic E-state index is 0.0308. The quantitative estimate of drug-likeness (QED) is 0.481. The number of hydrazone groups is 1. The van der Waals surface area contributed by atoms with Crippen LogP contribution in [0.25, 0.3) is 6.08 Å². The van der Waals surface area contributed by atoms with Gasteiger partial charge in [-0.3, -0.25) is 30.0 Å². The molecular formula is C16H11N5O4S. The lowest BCUT2D eigenvalue weighted by Crippen LogP contribution is -2.25. The second kappa shape index (κ2) is 7.57. The van der Waals surface area contributed by atoms with Crippen molar-refractivity contribution >= 4 is 40.5 Å². The number of nitrogens with zero attached hydrogens (tertiary/aromatic N) is 3. The van der Waals surface area contributed by atoms with Gasteiger partial charge in [0.25, 0.3) is 17.5 Å². The standard InChI is InChI=1S/C16H11N5O4S/c22-14(11-5-7-17-8-6-11)19-20-16-18-15(23)13(26-16)9-10-1-3-12(4-2-10)21(24)25/h1-9H,(H,19,22)(H,18,20,23)/b13-9+. The highest BCUT2D eigenvalue weighted by atomic mass is 32.2. The highest BCUT2D eigenvalue weighted by Gasteiger charge is 2.24. The third-order valence-electron chi connectivity index (χ3n) is 3.25. The van der Waals surface area contributed by atoms with E-state index in [0.717, 1.165) is 11.8 Å². The molecule has 130 valence electrons. The number of benzene rings is 1. The Hall–Kier alpha value is -3.53. The summed E-state index contributed by atoms with van der Waals surface area (Å²) < 4.78 is 0. The molecule has 2 heterocycles. The summed E-state index contributed by atoms with van der Waals surface area (Å²) in [4.78, 5) is 38.2. The van der Waals surface area contributed by atoms with E-state index in [-0.39, 0.29) is 16.8 Å². The molecule has 0 bridgehead atoms. The minimum atomic E-state index is -0.496. The maximum atomic E-state index is 12.0. The van der Waals surface area contributed by atoms with Gasteiger partial charge in [-0.05, 0) is 47.7 Å². The molecule has 0 atom stereocenters. The largest absolute Gasteiger partial charge is 0.299 e. The molecule has 2 amide bonds. The first-order valence-corrected chi connectivity index (χ1v) is 8.08. The average Bonchev–Trinajstić information content (AvgIpc) is 3.00. The molecule has 0 spiro atoms. The molecule has 3 rings (SSSR count). The van der Waals surface area contributed by atoms with Gasteiger partial charge in [0.05, 0.1) is 9.83 Å². The third-order valence-corrected chi connectivity index (χ3v) is 4.16. The van der Waals surface area contributed by atoms with E-state index in [1.807, 2.05) is 0 Å². The van der Waals surface area contributed by atoms with Crippen LogP contribution in [0.2, 0.25) is 0 Å². The zero-order chi connectivity index (χ0) is 18.5. The van der Waals surface area contributed by atoms with Crippen molar-refractivity contribution in [3.63, 3.8) is 0 Å². The smallest absolute Gasteiger partial charge is 0.271 e. The number of amidine groups is 1. The number of non-ortho nitro benzene ring substituents is 1. The summed E-state index contributed by atoms with van der Waals surface area (Å²) in [5, 5.41) is 17.3. The van der Waals surface area contributed by atoms with E-state index in [4.69, 9.17) is 0 Å². The zero-order valence-corrected chi connectivity index (χ0v) is 13.9. The van der Waals surface area contributed by atoms with Crippen molar-refractivity contribution in [2.24, 2.45) is 5.10 Å². The third kappa shape index (κ3) is 4.11. The van der Waals surface area contributed by atoms with Crippen molar-refractivity contribution in [3.8, 4) is 0 Å². The molecule has 1 aromatic heterocycles. The molecule has 10 heteroatoms. The molecule has 1 aliphatic heterocycles. The molecule has 0 saturated carbocycles. The fourth-order valence-corrected chi connectivity index (χ4v) is 2.78. The van der Waals surface area contributed by atoms with Crippen LogP contribution in [0.1, 0.15) is 15.9 Å². The Bertz CT molecular complexity index is 925. The Morgan fingerprint density at radius 2 is 1.92 bits per heavy atom. The van der Waals surface area contributed by atoms with Crippen molar-refractivity contribution in [2.75, 3.05) is 0 Å². The van der Waals surface area contributed by atoms with Gasteiger partial charge in [-0.2, -0.15) is 0 Å². The summed E-state index contributed by atoms with van der Waals surface area (Å²) in [6.45, 7) is 0. The van der Waals surface area contributed by atoms with E-state index in [1.165, 1.54) is 36.7 Å². The van der Waals surface area contributed by atoms with Gasteiger partial charge in [0, 0.05) is 30.1 Å². The first-order chi connectivity index (χ1) is 12.5. The summed E-state index contributed by atoms with van der Waals surface area (Å²) in [5.41, 5.74) is 3.34. The van der Waals surface area contributed by atoms with Crippen molar-refractivity contribution in [3.05, 3.63) is 74.9 Å². The number of carbonyl (C=O) groups is 2. The number of carbonyl (C=O) groups excluding carboxylic acids is 2. The second-order valence-electron chi connectivity index (χ2n) is 5.01. The van der Waals surface area contributed by atoms with Gasteiger partial charge in [0.2, 0.25) is 0 Å². The highest BCUT2D eigenvalue weighted by molar-refractivity contribution is 8.18. The van der Waals surface area contributed by atoms with Gasteiger partial charge in [-0.25, -0.2) is 5.43 Å². The molecule has 26 heavy (non-hydrogen) atoms. The number of pyridine rings is 1. The van der Waals surface area contributed by atoms with Crippen LogP contribution in [0.3, 0.4) is 0 Å². The number of nitro groups is 1. The molecule has 0 radical (unpaired) electrons. The van der Waals surface area contributed by atoms with E-state index in [1.54, 1.807) is 18.2 Å². The second-order valence-corrected chi connectivity index (χ2v) is 6.04. The Morgan fingerprint density at radius 1 is 1.23 bits per heavy atom. The number of hydrogen-bond acceptors (Lipinski definition) is 7. The molecule has 1 saturated heterocycles. The van der Waals surface area contributed by atoms with Crippen LogP contribution in [-0.2, 0) is 4.79 Å². The minimum Gasteiger partial charge on any atom is -0.299 e. The van der Waals surface area contributed by atoms with Crippen molar-refractivity contribution in [1.29, 1.82) is 0 Å². The maximum absolute atomic E-state index is 12.0. The Kier molecular flexibility index (Phi) is 5.04. The number of hydrogen-bond donors (Lipinski definition) is 2. The monoisotopic (exact) mass is 369 g/mol. The molecule has 0 unspecified atom stereocenters. The van der Waals surface area contributed by atoms with Crippen molar-refractivity contribution < 1.29 is 14.5 Å². The number of nitro benzene ring substituents is 1. The molecule has 0 aliphatic carbocycles. The Balaban J connectivity index is 1.68. The van der Waals surface area contributed by atoms with E-state index >= 15 is 0 Å². The van der Waals surface area contributed by atoms with Gasteiger partial charge in [-0.15, -0.1) is 5.10 Å². The molecule has 9 nitrogen and oxygen atoms in total. The first kappa shape index (κ1) is 17.3. The highest BCUT2D eigenvalue weighted by Crippen LogP contribution is 2.26. The summed E-state index contributed by atoms with van der Waals surface area (Å²) in [7, 11) is 0. The molecule has 1 fully saturated rings. The van der Waals surface area contributed by atoms with Crippen LogP contribution in [0, 0.1) is 10.1 Å². The predicted octanol–water partition coefficient (Wildman–Crippen LogP) is 1.89. The summed E-state index contributed by atoms with van der Waals surface area (Å²) in [6, 6.07) is 8.87. The van der Waals surface area contributed by atoms with Crippen LogP contribution in [0.4, 0.5) is 5.69 Å². The molecule has 1 aliphatic rings. The van der Waals surface area contributed by atoms with Crippen LogP contribution < -0.4 is 10.7 Å². The van der Waals surface area contributed by atoms with E-state index in [2.05, 4.69) is 20.8 Å². The van der Waals surface area contributed by atoms with E-state index < -0.39 is 10.8 Å². The van der Waals surface area contributed by atoms with Crippen LogP contribution >= 0.6 is 11.8 Å². The van der Waals surface area contributed by atoms with E-state index in [9.17, 15) is 19.7 Å². The van der Waals surface area contributed by atoms with Crippen LogP contribution in [-0.4, -0.2) is 26.9 Å². The normalized spacial score (nSPS) is 16.5. The van der Waals surface area contributed by atoms with E-state index in [0.29, 0.717) is 16.0 Å². The Morgan fingerprint density at radius 3 is 2.58 bits per heavy atom. The number of rotatable bonds is 4. The van der Waals surface area contributed by atoms with Gasteiger partial charge < -0.3 is 0 Å².